The Bertz CT molecular complexity index is 676. The molecule has 0 atom stereocenters. The van der Waals surface area contributed by atoms with Gasteiger partial charge in [-0.3, -0.25) is 14.3 Å². The number of hydrogen-bond donors (Lipinski definition) is 0. The van der Waals surface area contributed by atoms with Crippen LogP contribution in [-0.2, 0) is 13.1 Å². The molecule has 6 heteroatoms. The molecule has 18 heavy (non-hydrogen) atoms. The van der Waals surface area contributed by atoms with Gasteiger partial charge in [-0.2, -0.15) is 0 Å². The van der Waals surface area contributed by atoms with Gasteiger partial charge in [0.05, 0.1) is 6.54 Å². The van der Waals surface area contributed by atoms with Crippen molar-refractivity contribution in [2.24, 2.45) is 0 Å². The van der Waals surface area contributed by atoms with Gasteiger partial charge in [0.1, 0.15) is 0 Å². The van der Waals surface area contributed by atoms with Crippen molar-refractivity contribution < 1.29 is 0 Å². The molecule has 0 aromatic carbocycles. The van der Waals surface area contributed by atoms with Crippen molar-refractivity contribution >= 4 is 15.9 Å². The first-order valence-corrected chi connectivity index (χ1v) is 6.31. The van der Waals surface area contributed by atoms with E-state index in [-0.39, 0.29) is 17.8 Å². The van der Waals surface area contributed by atoms with Crippen molar-refractivity contribution in [2.45, 2.75) is 20.0 Å². The van der Waals surface area contributed by atoms with E-state index in [0.29, 0.717) is 6.54 Å². The molecule has 0 spiro atoms. The van der Waals surface area contributed by atoms with Gasteiger partial charge in [-0.05, 0) is 34.5 Å². The van der Waals surface area contributed by atoms with Crippen molar-refractivity contribution in [1.29, 1.82) is 0 Å². The molecule has 0 aliphatic heterocycles. The predicted molar refractivity (Wildman–Crippen MR) is 71.7 cm³/mol. The molecule has 0 amide bonds. The minimum absolute atomic E-state index is 0.227. The highest BCUT2D eigenvalue weighted by Gasteiger charge is 2.05. The van der Waals surface area contributed by atoms with Crippen molar-refractivity contribution in [2.75, 3.05) is 0 Å². The van der Waals surface area contributed by atoms with Crippen molar-refractivity contribution in [3.8, 4) is 0 Å². The van der Waals surface area contributed by atoms with Gasteiger partial charge in [0.15, 0.2) is 0 Å². The van der Waals surface area contributed by atoms with Gasteiger partial charge in [0, 0.05) is 35.7 Å². The van der Waals surface area contributed by atoms with Crippen LogP contribution in [0.4, 0.5) is 0 Å². The summed E-state index contributed by atoms with van der Waals surface area (Å²) in [5, 5.41) is 0. The largest absolute Gasteiger partial charge is 0.331 e. The number of nitrogens with zero attached hydrogens (tertiary/aromatic N) is 3. The standard InChI is InChI=1S/C12H12BrN3O2/c1-2-15-4-3-11(17)16(12(15)18)8-9-5-10(13)7-14-6-9/h3-7H,2,8H2,1H3. The molecule has 5 nitrogen and oxygen atoms in total. The zero-order valence-electron chi connectivity index (χ0n) is 9.84. The van der Waals surface area contributed by atoms with Crippen LogP contribution in [0.5, 0.6) is 0 Å². The van der Waals surface area contributed by atoms with Crippen LogP contribution in [0.1, 0.15) is 12.5 Å². The maximum absolute atomic E-state index is 12.0. The maximum Gasteiger partial charge on any atom is 0.331 e. The Morgan fingerprint density at radius 3 is 2.78 bits per heavy atom. The lowest BCUT2D eigenvalue weighted by atomic mass is 10.3. The first kappa shape index (κ1) is 12.8. The zero-order valence-corrected chi connectivity index (χ0v) is 11.4. The molecule has 2 aromatic rings. The summed E-state index contributed by atoms with van der Waals surface area (Å²) in [6.07, 6.45) is 4.81. The molecule has 0 radical (unpaired) electrons. The van der Waals surface area contributed by atoms with Crippen LogP contribution in [0.15, 0.2) is 44.8 Å². The van der Waals surface area contributed by atoms with E-state index >= 15 is 0 Å². The summed E-state index contributed by atoms with van der Waals surface area (Å²) in [6.45, 7) is 2.62. The van der Waals surface area contributed by atoms with E-state index in [2.05, 4.69) is 20.9 Å². The van der Waals surface area contributed by atoms with Crippen LogP contribution in [0.25, 0.3) is 0 Å². The maximum atomic E-state index is 12.0. The number of aromatic nitrogens is 3. The summed E-state index contributed by atoms with van der Waals surface area (Å²) >= 11 is 3.31. The molecule has 0 fully saturated rings. The highest BCUT2D eigenvalue weighted by Crippen LogP contribution is 2.09. The van der Waals surface area contributed by atoms with Crippen LogP contribution in [0.2, 0.25) is 0 Å². The first-order chi connectivity index (χ1) is 8.61. The second-order valence-corrected chi connectivity index (χ2v) is 4.74. The minimum Gasteiger partial charge on any atom is -0.301 e. The fraction of sp³-hybridized carbons (Fsp3) is 0.250. The van der Waals surface area contributed by atoms with Crippen LogP contribution < -0.4 is 11.2 Å². The molecule has 0 aliphatic rings. The van der Waals surface area contributed by atoms with E-state index in [1.54, 1.807) is 12.4 Å². The van der Waals surface area contributed by atoms with E-state index in [4.69, 9.17) is 0 Å². The molecule has 0 saturated heterocycles. The van der Waals surface area contributed by atoms with Gasteiger partial charge in [-0.15, -0.1) is 0 Å². The van der Waals surface area contributed by atoms with Crippen molar-refractivity contribution in [3.05, 3.63) is 61.6 Å². The summed E-state index contributed by atoms with van der Waals surface area (Å²) in [5.74, 6) is 0. The van der Waals surface area contributed by atoms with E-state index in [0.717, 1.165) is 10.0 Å². The Morgan fingerprint density at radius 1 is 1.33 bits per heavy atom. The molecule has 0 N–H and O–H groups in total. The summed E-state index contributed by atoms with van der Waals surface area (Å²) in [6, 6.07) is 3.23. The lowest BCUT2D eigenvalue weighted by molar-refractivity contribution is 0.599. The highest BCUT2D eigenvalue weighted by molar-refractivity contribution is 9.10. The monoisotopic (exact) mass is 309 g/mol. The molecule has 0 unspecified atom stereocenters. The molecular formula is C12H12BrN3O2. The van der Waals surface area contributed by atoms with E-state index < -0.39 is 0 Å². The Labute approximate surface area is 112 Å². The third kappa shape index (κ3) is 2.59. The lowest BCUT2D eigenvalue weighted by Crippen LogP contribution is -2.39. The van der Waals surface area contributed by atoms with Gasteiger partial charge in [0.25, 0.3) is 5.56 Å². The topological polar surface area (TPSA) is 56.9 Å². The van der Waals surface area contributed by atoms with E-state index in [1.165, 1.54) is 21.4 Å². The van der Waals surface area contributed by atoms with Gasteiger partial charge in [-0.25, -0.2) is 4.79 Å². The van der Waals surface area contributed by atoms with Crippen LogP contribution in [-0.4, -0.2) is 14.1 Å². The second-order valence-electron chi connectivity index (χ2n) is 3.82. The second kappa shape index (κ2) is 5.30. The molecule has 0 aliphatic carbocycles. The molecule has 2 rings (SSSR count). The van der Waals surface area contributed by atoms with Gasteiger partial charge in [-0.1, -0.05) is 0 Å². The van der Waals surface area contributed by atoms with Crippen molar-refractivity contribution in [1.82, 2.24) is 14.1 Å². The third-order valence-electron chi connectivity index (χ3n) is 2.58. The van der Waals surface area contributed by atoms with Crippen LogP contribution in [0, 0.1) is 0 Å². The predicted octanol–water partition coefficient (Wildman–Crippen LogP) is 1.24. The number of pyridine rings is 1. The van der Waals surface area contributed by atoms with Crippen molar-refractivity contribution in [3.63, 3.8) is 0 Å². The summed E-state index contributed by atoms with van der Waals surface area (Å²) < 4.78 is 3.51. The normalized spacial score (nSPS) is 10.6. The summed E-state index contributed by atoms with van der Waals surface area (Å²) in [4.78, 5) is 27.7. The number of rotatable bonds is 3. The molecule has 0 bridgehead atoms. The van der Waals surface area contributed by atoms with Gasteiger partial charge >= 0.3 is 5.69 Å². The SMILES string of the molecule is CCn1ccc(=O)n(Cc2cncc(Br)c2)c1=O. The molecular weight excluding hydrogens is 298 g/mol. The van der Waals surface area contributed by atoms with Gasteiger partial charge in [0.2, 0.25) is 0 Å². The first-order valence-electron chi connectivity index (χ1n) is 5.51. The third-order valence-corrected chi connectivity index (χ3v) is 3.02. The lowest BCUT2D eigenvalue weighted by Gasteiger charge is -2.08. The van der Waals surface area contributed by atoms with Crippen LogP contribution >= 0.6 is 15.9 Å². The Morgan fingerprint density at radius 2 is 2.11 bits per heavy atom. The molecule has 94 valence electrons. The number of hydrogen-bond acceptors (Lipinski definition) is 3. The molecule has 2 heterocycles. The molecule has 2 aromatic heterocycles. The van der Waals surface area contributed by atoms with Crippen LogP contribution in [0.3, 0.4) is 0 Å². The average Bonchev–Trinajstić information content (AvgIpc) is 2.35. The fourth-order valence-electron chi connectivity index (χ4n) is 1.67. The Hall–Kier alpha value is -1.69. The quantitative estimate of drug-likeness (QED) is 0.857. The highest BCUT2D eigenvalue weighted by atomic mass is 79.9. The summed E-state index contributed by atoms with van der Waals surface area (Å²) in [5.41, 5.74) is 0.201. The molecule has 0 saturated carbocycles. The fourth-order valence-corrected chi connectivity index (χ4v) is 2.08. The van der Waals surface area contributed by atoms with Gasteiger partial charge < -0.3 is 4.57 Å². The smallest absolute Gasteiger partial charge is 0.301 e. The zero-order chi connectivity index (χ0) is 13.1. The minimum atomic E-state index is -0.301. The number of aryl methyl sites for hydroxylation is 1. The van der Waals surface area contributed by atoms with E-state index in [1.807, 2.05) is 13.0 Å². The summed E-state index contributed by atoms with van der Waals surface area (Å²) in [7, 11) is 0. The van der Waals surface area contributed by atoms with E-state index in [9.17, 15) is 9.59 Å². The Balaban J connectivity index is 2.46. The Kier molecular flexibility index (Phi) is 3.76. The average molecular weight is 310 g/mol. The number of halogens is 1.